The maximum Gasteiger partial charge on any atom is 0.119 e. The van der Waals surface area contributed by atoms with Gasteiger partial charge in [-0.3, -0.25) is 0 Å². The van der Waals surface area contributed by atoms with Gasteiger partial charge in [0.25, 0.3) is 0 Å². The molecule has 1 atom stereocenters. The molecule has 0 radical (unpaired) electrons. The molecule has 1 aliphatic heterocycles. The van der Waals surface area contributed by atoms with Gasteiger partial charge in [0.05, 0.1) is 13.7 Å². The van der Waals surface area contributed by atoms with E-state index in [4.69, 9.17) is 9.47 Å². The summed E-state index contributed by atoms with van der Waals surface area (Å²) < 4.78 is 11.0. The van der Waals surface area contributed by atoms with E-state index in [-0.39, 0.29) is 0 Å². The molecular weight excluding hydrogens is 250 g/mol. The zero-order valence-corrected chi connectivity index (χ0v) is 11.6. The zero-order chi connectivity index (χ0) is 13.8. The molecule has 1 unspecified atom stereocenters. The van der Waals surface area contributed by atoms with Crippen molar-refractivity contribution in [1.29, 1.82) is 0 Å². The minimum Gasteiger partial charge on any atom is -0.497 e. The predicted octanol–water partition coefficient (Wildman–Crippen LogP) is 3.36. The van der Waals surface area contributed by atoms with Gasteiger partial charge in [0, 0.05) is 18.2 Å². The lowest BCUT2D eigenvalue weighted by Crippen LogP contribution is -2.27. The van der Waals surface area contributed by atoms with Crippen LogP contribution in [-0.2, 0) is 6.42 Å². The molecule has 1 heterocycles. The van der Waals surface area contributed by atoms with Gasteiger partial charge in [-0.15, -0.1) is 0 Å². The van der Waals surface area contributed by atoms with Crippen molar-refractivity contribution in [2.45, 2.75) is 6.42 Å². The number of para-hydroxylation sites is 1. The van der Waals surface area contributed by atoms with E-state index in [0.29, 0.717) is 5.92 Å². The quantitative estimate of drug-likeness (QED) is 0.923. The molecule has 0 bridgehead atoms. The van der Waals surface area contributed by atoms with E-state index >= 15 is 0 Å². The third kappa shape index (κ3) is 2.87. The number of benzene rings is 2. The number of rotatable bonds is 4. The van der Waals surface area contributed by atoms with Gasteiger partial charge in [0.1, 0.15) is 11.5 Å². The summed E-state index contributed by atoms with van der Waals surface area (Å²) in [6.07, 6.45) is 1.07. The molecule has 0 spiro atoms. The van der Waals surface area contributed by atoms with E-state index in [1.807, 2.05) is 24.3 Å². The number of ether oxygens (including phenoxy) is 2. The third-order valence-electron chi connectivity index (χ3n) is 3.65. The molecule has 3 rings (SSSR count). The fourth-order valence-corrected chi connectivity index (χ4v) is 2.51. The second-order valence-electron chi connectivity index (χ2n) is 5.09. The number of anilines is 1. The first-order valence-electron chi connectivity index (χ1n) is 6.94. The Labute approximate surface area is 119 Å². The van der Waals surface area contributed by atoms with Gasteiger partial charge < -0.3 is 14.8 Å². The first kappa shape index (κ1) is 12.9. The van der Waals surface area contributed by atoms with Crippen molar-refractivity contribution in [3.05, 3.63) is 54.1 Å². The minimum atomic E-state index is 0.506. The summed E-state index contributed by atoms with van der Waals surface area (Å²) in [6.45, 7) is 1.70. The zero-order valence-electron chi connectivity index (χ0n) is 11.6. The van der Waals surface area contributed by atoms with E-state index in [1.54, 1.807) is 7.11 Å². The van der Waals surface area contributed by atoms with Crippen LogP contribution < -0.4 is 14.8 Å². The average Bonchev–Trinajstić information content (AvgIpc) is 2.53. The number of methoxy groups -OCH3 is 1. The highest BCUT2D eigenvalue weighted by Gasteiger charge is 2.18. The van der Waals surface area contributed by atoms with Crippen molar-refractivity contribution in [1.82, 2.24) is 0 Å². The highest BCUT2D eigenvalue weighted by atomic mass is 16.5. The fraction of sp³-hybridized carbons (Fsp3) is 0.294. The molecule has 1 aliphatic rings. The second kappa shape index (κ2) is 5.87. The van der Waals surface area contributed by atoms with Crippen molar-refractivity contribution in [2.24, 2.45) is 5.92 Å². The Balaban J connectivity index is 1.57. The molecule has 0 amide bonds. The van der Waals surface area contributed by atoms with Gasteiger partial charge in [-0.1, -0.05) is 18.2 Å². The van der Waals surface area contributed by atoms with Crippen LogP contribution in [0.2, 0.25) is 0 Å². The van der Waals surface area contributed by atoms with E-state index < -0.39 is 0 Å². The largest absolute Gasteiger partial charge is 0.497 e. The van der Waals surface area contributed by atoms with Crippen LogP contribution in [0.3, 0.4) is 0 Å². The van der Waals surface area contributed by atoms with E-state index in [2.05, 4.69) is 29.6 Å². The molecular formula is C17H19NO2. The Hall–Kier alpha value is -2.16. The summed E-state index contributed by atoms with van der Waals surface area (Å²) in [6, 6.07) is 16.2. The van der Waals surface area contributed by atoms with Gasteiger partial charge in [-0.25, -0.2) is 0 Å². The summed E-state index contributed by atoms with van der Waals surface area (Å²) in [4.78, 5) is 0. The summed E-state index contributed by atoms with van der Waals surface area (Å²) in [5.41, 5.74) is 2.63. The summed E-state index contributed by atoms with van der Waals surface area (Å²) >= 11 is 0. The fourth-order valence-electron chi connectivity index (χ4n) is 2.51. The molecule has 104 valence electrons. The van der Waals surface area contributed by atoms with Crippen molar-refractivity contribution < 1.29 is 9.47 Å². The summed E-state index contributed by atoms with van der Waals surface area (Å²) in [5.74, 6) is 2.25. The lowest BCUT2D eigenvalue weighted by molar-refractivity contribution is 0.252. The SMILES string of the molecule is COc1ccc(OCC2CNc3ccccc3C2)cc1. The molecule has 0 aromatic heterocycles. The Kier molecular flexibility index (Phi) is 3.77. The van der Waals surface area contributed by atoms with Crippen molar-refractivity contribution in [3.63, 3.8) is 0 Å². The maximum atomic E-state index is 5.86. The van der Waals surface area contributed by atoms with Crippen LogP contribution in [0.4, 0.5) is 5.69 Å². The van der Waals surface area contributed by atoms with E-state index in [9.17, 15) is 0 Å². The molecule has 3 nitrogen and oxygen atoms in total. The third-order valence-corrected chi connectivity index (χ3v) is 3.65. The predicted molar refractivity (Wildman–Crippen MR) is 80.6 cm³/mol. The molecule has 3 heteroatoms. The molecule has 0 fully saturated rings. The number of fused-ring (bicyclic) bond motifs is 1. The first-order valence-corrected chi connectivity index (χ1v) is 6.94. The van der Waals surface area contributed by atoms with Crippen molar-refractivity contribution in [3.8, 4) is 11.5 Å². The van der Waals surface area contributed by atoms with Gasteiger partial charge in [0.15, 0.2) is 0 Å². The Morgan fingerprint density at radius 2 is 1.80 bits per heavy atom. The normalized spacial score (nSPS) is 16.9. The maximum absolute atomic E-state index is 5.86. The van der Waals surface area contributed by atoms with Gasteiger partial charge in [-0.2, -0.15) is 0 Å². The minimum absolute atomic E-state index is 0.506. The standard InChI is InChI=1S/C17H19NO2/c1-19-15-6-8-16(9-7-15)20-12-13-10-14-4-2-3-5-17(14)18-11-13/h2-9,13,18H,10-12H2,1H3. The Morgan fingerprint density at radius 3 is 2.60 bits per heavy atom. The Bertz CT molecular complexity index is 565. The molecule has 2 aromatic rings. The van der Waals surface area contributed by atoms with Crippen LogP contribution in [0.15, 0.2) is 48.5 Å². The number of hydrogen-bond donors (Lipinski definition) is 1. The van der Waals surface area contributed by atoms with E-state index in [1.165, 1.54) is 11.3 Å². The highest BCUT2D eigenvalue weighted by molar-refractivity contribution is 5.53. The Morgan fingerprint density at radius 1 is 1.05 bits per heavy atom. The van der Waals surface area contributed by atoms with Crippen LogP contribution >= 0.6 is 0 Å². The van der Waals surface area contributed by atoms with Crippen molar-refractivity contribution >= 4 is 5.69 Å². The van der Waals surface area contributed by atoms with Crippen LogP contribution in [0, 0.1) is 5.92 Å². The van der Waals surface area contributed by atoms with Gasteiger partial charge in [-0.05, 0) is 42.3 Å². The number of hydrogen-bond acceptors (Lipinski definition) is 3. The van der Waals surface area contributed by atoms with Crippen LogP contribution in [-0.4, -0.2) is 20.3 Å². The topological polar surface area (TPSA) is 30.5 Å². The van der Waals surface area contributed by atoms with Crippen LogP contribution in [0.25, 0.3) is 0 Å². The van der Waals surface area contributed by atoms with Crippen LogP contribution in [0.1, 0.15) is 5.56 Å². The lowest BCUT2D eigenvalue weighted by atomic mass is 9.95. The van der Waals surface area contributed by atoms with Crippen molar-refractivity contribution in [2.75, 3.05) is 25.6 Å². The first-order chi connectivity index (χ1) is 9.85. The summed E-state index contributed by atoms with van der Waals surface area (Å²) in [5, 5.41) is 3.47. The number of nitrogens with one attached hydrogen (secondary N) is 1. The van der Waals surface area contributed by atoms with Gasteiger partial charge in [0.2, 0.25) is 0 Å². The van der Waals surface area contributed by atoms with Gasteiger partial charge >= 0.3 is 0 Å². The molecule has 0 saturated carbocycles. The monoisotopic (exact) mass is 269 g/mol. The lowest BCUT2D eigenvalue weighted by Gasteiger charge is -2.26. The highest BCUT2D eigenvalue weighted by Crippen LogP contribution is 2.25. The molecule has 20 heavy (non-hydrogen) atoms. The molecule has 0 aliphatic carbocycles. The molecule has 2 aromatic carbocycles. The average molecular weight is 269 g/mol. The molecule has 0 saturated heterocycles. The smallest absolute Gasteiger partial charge is 0.119 e. The second-order valence-corrected chi connectivity index (χ2v) is 5.09. The van der Waals surface area contributed by atoms with E-state index in [0.717, 1.165) is 31.1 Å². The molecule has 1 N–H and O–H groups in total. The summed E-state index contributed by atoms with van der Waals surface area (Å²) in [7, 11) is 1.67. The van der Waals surface area contributed by atoms with Crippen LogP contribution in [0.5, 0.6) is 11.5 Å².